The van der Waals surface area contributed by atoms with E-state index >= 15 is 0 Å². The summed E-state index contributed by atoms with van der Waals surface area (Å²) < 4.78 is 38.1. The molecule has 1 amide bonds. The lowest BCUT2D eigenvalue weighted by atomic mass is 10.1. The first-order valence-electron chi connectivity index (χ1n) is 11.0. The van der Waals surface area contributed by atoms with Gasteiger partial charge in [-0.25, -0.2) is 23.2 Å². The van der Waals surface area contributed by atoms with Crippen LogP contribution in [0.25, 0.3) is 0 Å². The quantitative estimate of drug-likeness (QED) is 0.566. The Balaban J connectivity index is 1.84. The molecular weight excluding hydrogens is 460 g/mol. The second kappa shape index (κ2) is 10.1. The van der Waals surface area contributed by atoms with Gasteiger partial charge in [0.05, 0.1) is 23.8 Å². The van der Waals surface area contributed by atoms with Crippen LogP contribution in [0.2, 0.25) is 0 Å². The third kappa shape index (κ3) is 5.20. The third-order valence-electron chi connectivity index (χ3n) is 5.47. The molecule has 1 saturated heterocycles. The maximum Gasteiger partial charge on any atom is 0.342 e. The third-order valence-corrected chi connectivity index (χ3v) is 7.50. The van der Waals surface area contributed by atoms with Gasteiger partial charge in [-0.3, -0.25) is 4.79 Å². The first kappa shape index (κ1) is 25.6. The maximum atomic E-state index is 13.4. The summed E-state index contributed by atoms with van der Waals surface area (Å²) in [5, 5.41) is 0. The number of aromatic nitrogens is 2. The zero-order valence-corrected chi connectivity index (χ0v) is 21.0. The van der Waals surface area contributed by atoms with Crippen LogP contribution in [-0.2, 0) is 14.8 Å². The molecule has 184 valence electrons. The minimum atomic E-state index is -3.76. The van der Waals surface area contributed by atoms with Crippen molar-refractivity contribution in [3.05, 3.63) is 47.0 Å². The predicted molar refractivity (Wildman–Crippen MR) is 124 cm³/mol. The number of amides is 1. The highest BCUT2D eigenvalue weighted by molar-refractivity contribution is 7.89. The highest BCUT2D eigenvalue weighted by Gasteiger charge is 2.37. The summed E-state index contributed by atoms with van der Waals surface area (Å²) in [6.45, 7) is 8.85. The van der Waals surface area contributed by atoms with Crippen LogP contribution in [0.3, 0.4) is 0 Å². The fourth-order valence-electron chi connectivity index (χ4n) is 3.90. The number of rotatable bonds is 6. The molecule has 10 nitrogen and oxygen atoms in total. The smallest absolute Gasteiger partial charge is 0.342 e. The molecule has 0 bridgehead atoms. The van der Waals surface area contributed by atoms with Crippen LogP contribution in [0.15, 0.2) is 29.2 Å². The van der Waals surface area contributed by atoms with Gasteiger partial charge >= 0.3 is 5.97 Å². The van der Waals surface area contributed by atoms with Gasteiger partial charge in [0.2, 0.25) is 10.0 Å². The molecule has 2 heterocycles. The molecule has 0 spiro atoms. The first-order valence-corrected chi connectivity index (χ1v) is 12.4. The predicted octanol–water partition coefficient (Wildman–Crippen LogP) is 2.20. The Morgan fingerprint density at radius 2 is 1.74 bits per heavy atom. The number of benzene rings is 1. The van der Waals surface area contributed by atoms with E-state index in [2.05, 4.69) is 9.97 Å². The molecule has 3 rings (SSSR count). The molecule has 1 unspecified atom stereocenters. The average molecular weight is 491 g/mol. The summed E-state index contributed by atoms with van der Waals surface area (Å²) in [4.78, 5) is 36.2. The van der Waals surface area contributed by atoms with Crippen molar-refractivity contribution in [2.24, 2.45) is 0 Å². The van der Waals surface area contributed by atoms with Crippen molar-refractivity contribution < 1.29 is 27.5 Å². The Hall–Kier alpha value is -3.05. The number of sulfonamides is 1. The van der Waals surface area contributed by atoms with E-state index in [1.807, 2.05) is 0 Å². The fourth-order valence-corrected chi connectivity index (χ4v) is 5.51. The molecule has 0 aliphatic carbocycles. The number of hydrogen-bond acceptors (Lipinski definition) is 8. The van der Waals surface area contributed by atoms with E-state index < -0.39 is 27.9 Å². The number of nitrogens with zero attached hydrogens (tertiary/aromatic N) is 4. The van der Waals surface area contributed by atoms with Crippen molar-refractivity contribution in [1.29, 1.82) is 0 Å². The normalized spacial score (nSPS) is 17.0. The minimum absolute atomic E-state index is 0.0326. The zero-order chi connectivity index (χ0) is 25.2. The lowest BCUT2D eigenvalue weighted by Gasteiger charge is -2.39. The lowest BCUT2D eigenvalue weighted by molar-refractivity contribution is 0.0368. The van der Waals surface area contributed by atoms with E-state index in [0.717, 1.165) is 0 Å². The Kier molecular flexibility index (Phi) is 7.57. The van der Waals surface area contributed by atoms with Crippen molar-refractivity contribution in [1.82, 2.24) is 19.2 Å². The van der Waals surface area contributed by atoms with E-state index in [4.69, 9.17) is 9.47 Å². The van der Waals surface area contributed by atoms with Gasteiger partial charge in [-0.1, -0.05) is 0 Å². The summed E-state index contributed by atoms with van der Waals surface area (Å²) in [5.41, 5.74) is 0.356. The maximum absolute atomic E-state index is 13.4. The summed E-state index contributed by atoms with van der Waals surface area (Å²) in [7, 11) is -2.25. The molecular formula is C23H30N4O6S. The number of carbonyl (C=O) groups is 2. The Morgan fingerprint density at radius 1 is 1.09 bits per heavy atom. The number of piperazine rings is 1. The van der Waals surface area contributed by atoms with Crippen LogP contribution in [0.5, 0.6) is 5.75 Å². The SMILES string of the molecule is COc1ccc(S(=O)(=O)N2CCN(C(=O)c3nc(C)nc(C)c3C(=O)OC(C)C)CC2C)cc1. The van der Waals surface area contributed by atoms with E-state index in [-0.39, 0.29) is 41.9 Å². The Bertz CT molecular complexity index is 1180. The summed E-state index contributed by atoms with van der Waals surface area (Å²) in [6, 6.07) is 5.69. The van der Waals surface area contributed by atoms with Gasteiger partial charge in [0.1, 0.15) is 22.8 Å². The topological polar surface area (TPSA) is 119 Å². The number of esters is 1. The number of aryl methyl sites for hydroxylation is 2. The van der Waals surface area contributed by atoms with E-state index in [1.165, 1.54) is 28.4 Å². The number of methoxy groups -OCH3 is 1. The second-order valence-corrected chi connectivity index (χ2v) is 10.3. The molecule has 1 aliphatic heterocycles. The van der Waals surface area contributed by atoms with Crippen molar-refractivity contribution >= 4 is 21.9 Å². The van der Waals surface area contributed by atoms with Crippen LogP contribution in [-0.4, -0.2) is 78.4 Å². The standard InChI is InChI=1S/C23H30N4O6S/c1-14(2)33-23(29)20-16(4)24-17(5)25-21(20)22(28)26-11-12-27(15(3)13-26)34(30,31)19-9-7-18(32-6)8-10-19/h7-10,14-15H,11-13H2,1-6H3. The van der Waals surface area contributed by atoms with Gasteiger partial charge in [0, 0.05) is 25.7 Å². The molecule has 1 aliphatic rings. The van der Waals surface area contributed by atoms with Gasteiger partial charge in [-0.15, -0.1) is 0 Å². The fraction of sp³-hybridized carbons (Fsp3) is 0.478. The number of ether oxygens (including phenoxy) is 2. The lowest BCUT2D eigenvalue weighted by Crippen LogP contribution is -2.55. The van der Waals surface area contributed by atoms with Gasteiger partial charge in [0.15, 0.2) is 0 Å². The van der Waals surface area contributed by atoms with Crippen molar-refractivity contribution in [2.45, 2.75) is 51.7 Å². The summed E-state index contributed by atoms with van der Waals surface area (Å²) in [5.74, 6) is -0.206. The Labute approximate surface area is 199 Å². The minimum Gasteiger partial charge on any atom is -0.497 e. The monoisotopic (exact) mass is 490 g/mol. The van der Waals surface area contributed by atoms with Gasteiger partial charge < -0.3 is 14.4 Å². The van der Waals surface area contributed by atoms with Crippen LogP contribution >= 0.6 is 0 Å². The van der Waals surface area contributed by atoms with Crippen LogP contribution < -0.4 is 4.74 Å². The highest BCUT2D eigenvalue weighted by Crippen LogP contribution is 2.25. The van der Waals surface area contributed by atoms with E-state index in [1.54, 1.807) is 46.8 Å². The molecule has 0 saturated carbocycles. The van der Waals surface area contributed by atoms with Crippen LogP contribution in [0.1, 0.15) is 53.1 Å². The molecule has 1 aromatic carbocycles. The number of hydrogen-bond donors (Lipinski definition) is 0. The summed E-state index contributed by atoms with van der Waals surface area (Å²) in [6.07, 6.45) is -0.372. The van der Waals surface area contributed by atoms with Gasteiger partial charge in [-0.2, -0.15) is 4.31 Å². The van der Waals surface area contributed by atoms with Crippen LogP contribution in [0.4, 0.5) is 0 Å². The largest absolute Gasteiger partial charge is 0.497 e. The molecule has 11 heteroatoms. The van der Waals surface area contributed by atoms with Gasteiger partial charge in [0.25, 0.3) is 5.91 Å². The molecule has 1 aromatic heterocycles. The molecule has 1 atom stereocenters. The van der Waals surface area contributed by atoms with Crippen molar-refractivity contribution in [2.75, 3.05) is 26.7 Å². The van der Waals surface area contributed by atoms with Crippen molar-refractivity contribution in [3.8, 4) is 5.75 Å². The summed E-state index contributed by atoms with van der Waals surface area (Å²) >= 11 is 0. The van der Waals surface area contributed by atoms with Gasteiger partial charge in [-0.05, 0) is 58.9 Å². The Morgan fingerprint density at radius 3 is 2.29 bits per heavy atom. The zero-order valence-electron chi connectivity index (χ0n) is 20.2. The van der Waals surface area contributed by atoms with E-state index in [9.17, 15) is 18.0 Å². The van der Waals surface area contributed by atoms with E-state index in [0.29, 0.717) is 17.3 Å². The molecule has 1 fully saturated rings. The second-order valence-electron chi connectivity index (χ2n) is 8.43. The van der Waals surface area contributed by atoms with Crippen LogP contribution in [0, 0.1) is 13.8 Å². The van der Waals surface area contributed by atoms with Crippen molar-refractivity contribution in [3.63, 3.8) is 0 Å². The average Bonchev–Trinajstić information content (AvgIpc) is 2.77. The molecule has 34 heavy (non-hydrogen) atoms. The molecule has 0 radical (unpaired) electrons. The molecule has 2 aromatic rings. The number of carbonyl (C=O) groups excluding carboxylic acids is 2. The first-order chi connectivity index (χ1) is 15.9. The highest BCUT2D eigenvalue weighted by atomic mass is 32.2. The molecule has 0 N–H and O–H groups in total.